The van der Waals surface area contributed by atoms with E-state index in [1.807, 2.05) is 48.5 Å². The third-order valence-corrected chi connectivity index (χ3v) is 2.93. The Morgan fingerprint density at radius 2 is 1.89 bits per heavy atom. The highest BCUT2D eigenvalue weighted by Crippen LogP contribution is 2.27. The normalized spacial score (nSPS) is 10.0. The van der Waals surface area contributed by atoms with Crippen LogP contribution in [-0.4, -0.2) is 13.0 Å². The molecule has 0 bridgehead atoms. The number of benzene rings is 2. The number of ether oxygens (including phenoxy) is 1. The van der Waals surface area contributed by atoms with Gasteiger partial charge < -0.3 is 10.1 Å². The highest BCUT2D eigenvalue weighted by atomic mass is 16.5. The summed E-state index contributed by atoms with van der Waals surface area (Å²) in [5.74, 6) is 0.778. The number of hydrogen-bond acceptors (Lipinski definition) is 2. The maximum absolute atomic E-state index is 11.1. The monoisotopic (exact) mass is 255 g/mol. The van der Waals surface area contributed by atoms with Crippen molar-refractivity contribution in [2.75, 3.05) is 7.11 Å². The van der Waals surface area contributed by atoms with E-state index in [0.717, 1.165) is 22.4 Å². The van der Waals surface area contributed by atoms with Gasteiger partial charge in [-0.05, 0) is 28.8 Å². The predicted octanol–water partition coefficient (Wildman–Crippen LogP) is 3.00. The zero-order valence-electron chi connectivity index (χ0n) is 11.1. The second-order valence-corrected chi connectivity index (χ2v) is 4.30. The number of carbonyl (C=O) groups is 1. The fourth-order valence-electron chi connectivity index (χ4n) is 1.94. The molecule has 19 heavy (non-hydrogen) atoms. The highest BCUT2D eigenvalue weighted by Gasteiger charge is 2.07. The highest BCUT2D eigenvalue weighted by molar-refractivity contribution is 5.74. The number of nitrogens with one attached hydrogen (secondary N) is 1. The third-order valence-electron chi connectivity index (χ3n) is 2.93. The van der Waals surface area contributed by atoms with E-state index in [-0.39, 0.29) is 5.91 Å². The summed E-state index contributed by atoms with van der Waals surface area (Å²) in [6, 6.07) is 16.0. The van der Waals surface area contributed by atoms with E-state index in [2.05, 4.69) is 5.32 Å². The smallest absolute Gasteiger partial charge is 0.217 e. The zero-order chi connectivity index (χ0) is 13.7. The minimum absolute atomic E-state index is 0.0326. The molecule has 0 saturated heterocycles. The maximum Gasteiger partial charge on any atom is 0.217 e. The van der Waals surface area contributed by atoms with Gasteiger partial charge in [-0.1, -0.05) is 36.4 Å². The van der Waals surface area contributed by atoms with Gasteiger partial charge >= 0.3 is 0 Å². The Morgan fingerprint density at radius 1 is 1.16 bits per heavy atom. The van der Waals surface area contributed by atoms with Crippen LogP contribution in [0.3, 0.4) is 0 Å². The van der Waals surface area contributed by atoms with Gasteiger partial charge in [-0.2, -0.15) is 0 Å². The Morgan fingerprint density at radius 3 is 2.53 bits per heavy atom. The van der Waals surface area contributed by atoms with Crippen molar-refractivity contribution >= 4 is 5.91 Å². The van der Waals surface area contributed by atoms with Crippen molar-refractivity contribution in [3.8, 4) is 16.9 Å². The molecule has 0 aliphatic rings. The first-order valence-electron chi connectivity index (χ1n) is 6.17. The fraction of sp³-hybridized carbons (Fsp3) is 0.188. The largest absolute Gasteiger partial charge is 0.497 e. The molecule has 0 radical (unpaired) electrons. The summed E-state index contributed by atoms with van der Waals surface area (Å²) in [5, 5.41) is 2.83. The van der Waals surface area contributed by atoms with Gasteiger partial charge in [0.2, 0.25) is 5.91 Å². The predicted molar refractivity (Wildman–Crippen MR) is 76.0 cm³/mol. The summed E-state index contributed by atoms with van der Waals surface area (Å²) in [5.41, 5.74) is 3.26. The molecular formula is C16H17NO2. The van der Waals surface area contributed by atoms with Crippen molar-refractivity contribution < 1.29 is 9.53 Å². The Kier molecular flexibility index (Phi) is 4.18. The molecule has 0 saturated carbocycles. The molecule has 3 heteroatoms. The van der Waals surface area contributed by atoms with Crippen LogP contribution in [0.15, 0.2) is 48.5 Å². The summed E-state index contributed by atoms with van der Waals surface area (Å²) >= 11 is 0. The zero-order valence-corrected chi connectivity index (χ0v) is 11.1. The lowest BCUT2D eigenvalue weighted by atomic mass is 9.99. The molecule has 0 aliphatic heterocycles. The number of carbonyl (C=O) groups excluding carboxylic acids is 1. The van der Waals surface area contributed by atoms with Crippen LogP contribution >= 0.6 is 0 Å². The summed E-state index contributed by atoms with van der Waals surface area (Å²) < 4.78 is 5.27. The molecule has 2 aromatic carbocycles. The molecule has 0 heterocycles. The third kappa shape index (κ3) is 3.35. The topological polar surface area (TPSA) is 38.3 Å². The average molecular weight is 255 g/mol. The van der Waals surface area contributed by atoms with E-state index in [4.69, 9.17) is 4.74 Å². The Balaban J connectivity index is 2.40. The number of rotatable bonds is 4. The molecule has 98 valence electrons. The summed E-state index contributed by atoms with van der Waals surface area (Å²) in [6.45, 7) is 2.04. The Hall–Kier alpha value is -2.29. The van der Waals surface area contributed by atoms with Crippen molar-refractivity contribution in [3.63, 3.8) is 0 Å². The molecule has 0 atom stereocenters. The van der Waals surface area contributed by atoms with E-state index < -0.39 is 0 Å². The molecule has 1 N–H and O–H groups in total. The lowest BCUT2D eigenvalue weighted by molar-refractivity contribution is -0.119. The molecule has 2 aromatic rings. The lowest BCUT2D eigenvalue weighted by Gasteiger charge is -2.12. The second kappa shape index (κ2) is 6.05. The van der Waals surface area contributed by atoms with Gasteiger partial charge in [0, 0.05) is 13.5 Å². The van der Waals surface area contributed by atoms with E-state index in [9.17, 15) is 4.79 Å². The van der Waals surface area contributed by atoms with Crippen LogP contribution in [0.25, 0.3) is 11.1 Å². The van der Waals surface area contributed by atoms with E-state index in [1.165, 1.54) is 6.92 Å². The molecule has 2 rings (SSSR count). The van der Waals surface area contributed by atoms with Crippen molar-refractivity contribution in [1.29, 1.82) is 0 Å². The van der Waals surface area contributed by atoms with Crippen molar-refractivity contribution in [2.24, 2.45) is 0 Å². The van der Waals surface area contributed by atoms with Crippen molar-refractivity contribution in [3.05, 3.63) is 54.1 Å². The Labute approximate surface area is 113 Å². The molecule has 1 amide bonds. The molecule has 0 fully saturated rings. The average Bonchev–Trinajstić information content (AvgIpc) is 2.46. The molecule has 3 nitrogen and oxygen atoms in total. The molecule has 0 aromatic heterocycles. The van der Waals surface area contributed by atoms with Gasteiger partial charge in [0.05, 0.1) is 7.11 Å². The first kappa shape index (κ1) is 13.1. The standard InChI is InChI=1S/C16H17NO2/c1-12(18)17-11-14-8-9-15(19-2)10-16(14)13-6-4-3-5-7-13/h3-10H,11H2,1-2H3,(H,17,18). The molecular weight excluding hydrogens is 238 g/mol. The number of methoxy groups -OCH3 is 1. The maximum atomic E-state index is 11.1. The van der Waals surface area contributed by atoms with Crippen LogP contribution in [0.5, 0.6) is 5.75 Å². The van der Waals surface area contributed by atoms with Gasteiger partial charge in [-0.3, -0.25) is 4.79 Å². The van der Waals surface area contributed by atoms with Gasteiger partial charge in [0.15, 0.2) is 0 Å². The molecule has 0 spiro atoms. The molecule has 0 aliphatic carbocycles. The summed E-state index contributed by atoms with van der Waals surface area (Å²) in [4.78, 5) is 11.1. The van der Waals surface area contributed by atoms with Crippen LogP contribution in [-0.2, 0) is 11.3 Å². The summed E-state index contributed by atoms with van der Waals surface area (Å²) in [7, 11) is 1.65. The Bertz CT molecular complexity index is 564. The number of hydrogen-bond donors (Lipinski definition) is 1. The van der Waals surface area contributed by atoms with E-state index in [1.54, 1.807) is 7.11 Å². The summed E-state index contributed by atoms with van der Waals surface area (Å²) in [6.07, 6.45) is 0. The molecule has 0 unspecified atom stereocenters. The first-order valence-corrected chi connectivity index (χ1v) is 6.17. The lowest BCUT2D eigenvalue weighted by Crippen LogP contribution is -2.19. The number of amides is 1. The fourth-order valence-corrected chi connectivity index (χ4v) is 1.94. The van der Waals surface area contributed by atoms with Gasteiger partial charge in [0.25, 0.3) is 0 Å². The van der Waals surface area contributed by atoms with Crippen LogP contribution < -0.4 is 10.1 Å². The van der Waals surface area contributed by atoms with Gasteiger partial charge in [-0.25, -0.2) is 0 Å². The SMILES string of the molecule is COc1ccc(CNC(C)=O)c(-c2ccccc2)c1. The second-order valence-electron chi connectivity index (χ2n) is 4.30. The van der Waals surface area contributed by atoms with Gasteiger partial charge in [0.1, 0.15) is 5.75 Å². The van der Waals surface area contributed by atoms with Crippen LogP contribution in [0, 0.1) is 0 Å². The first-order chi connectivity index (χ1) is 9.20. The van der Waals surface area contributed by atoms with E-state index >= 15 is 0 Å². The quantitative estimate of drug-likeness (QED) is 0.912. The van der Waals surface area contributed by atoms with Crippen LogP contribution in [0.1, 0.15) is 12.5 Å². The van der Waals surface area contributed by atoms with Gasteiger partial charge in [-0.15, -0.1) is 0 Å². The minimum Gasteiger partial charge on any atom is -0.497 e. The van der Waals surface area contributed by atoms with E-state index in [0.29, 0.717) is 6.54 Å². The van der Waals surface area contributed by atoms with Crippen molar-refractivity contribution in [2.45, 2.75) is 13.5 Å². The van der Waals surface area contributed by atoms with Crippen LogP contribution in [0.2, 0.25) is 0 Å². The van der Waals surface area contributed by atoms with Crippen LogP contribution in [0.4, 0.5) is 0 Å². The minimum atomic E-state index is -0.0326. The van der Waals surface area contributed by atoms with Crippen molar-refractivity contribution in [1.82, 2.24) is 5.32 Å².